The fourth-order valence-electron chi connectivity index (χ4n) is 2.62. The molecule has 1 aromatic carbocycles. The quantitative estimate of drug-likeness (QED) is 0.650. The maximum absolute atomic E-state index is 10.9. The smallest absolute Gasteiger partial charge is 0.335 e. The van der Waals surface area contributed by atoms with Gasteiger partial charge in [-0.1, -0.05) is 6.07 Å². The molecule has 1 saturated heterocycles. The zero-order valence-electron chi connectivity index (χ0n) is 13.6. The van der Waals surface area contributed by atoms with Gasteiger partial charge < -0.3 is 25.6 Å². The van der Waals surface area contributed by atoms with Gasteiger partial charge in [-0.2, -0.15) is 4.98 Å². The lowest BCUT2D eigenvalue weighted by Crippen LogP contribution is -2.14. The molecule has 0 radical (unpaired) electrons. The number of aromatic nitrogens is 2. The van der Waals surface area contributed by atoms with Crippen LogP contribution in [-0.2, 0) is 4.74 Å². The molecule has 0 unspecified atom stereocenters. The summed E-state index contributed by atoms with van der Waals surface area (Å²) in [5.41, 5.74) is 6.85. The number of ether oxygens (including phenoxy) is 2. The summed E-state index contributed by atoms with van der Waals surface area (Å²) in [5.74, 6) is 0.635. The van der Waals surface area contributed by atoms with Crippen molar-refractivity contribution in [3.63, 3.8) is 0 Å². The van der Waals surface area contributed by atoms with E-state index in [-0.39, 0.29) is 17.4 Å². The molecule has 1 aliphatic rings. The highest BCUT2D eigenvalue weighted by Gasteiger charge is 2.20. The van der Waals surface area contributed by atoms with Gasteiger partial charge in [0.1, 0.15) is 18.2 Å². The first kappa shape index (κ1) is 17.0. The van der Waals surface area contributed by atoms with Gasteiger partial charge in [-0.3, -0.25) is 0 Å². The molecule has 25 heavy (non-hydrogen) atoms. The van der Waals surface area contributed by atoms with Crippen molar-refractivity contribution in [2.45, 2.75) is 12.3 Å². The van der Waals surface area contributed by atoms with Crippen molar-refractivity contribution >= 4 is 17.7 Å². The summed E-state index contributed by atoms with van der Waals surface area (Å²) in [6.07, 6.45) is 0.929. The Morgan fingerprint density at radius 3 is 3.04 bits per heavy atom. The molecule has 0 amide bonds. The summed E-state index contributed by atoms with van der Waals surface area (Å²) in [6.45, 7) is 2.24. The maximum atomic E-state index is 10.9. The molecule has 4 N–H and O–H groups in total. The molecule has 1 aromatic heterocycles. The molecule has 1 atom stereocenters. The molecule has 0 bridgehead atoms. The van der Waals surface area contributed by atoms with Crippen LogP contribution in [0.1, 0.15) is 28.4 Å². The number of benzene rings is 1. The summed E-state index contributed by atoms with van der Waals surface area (Å²) in [5, 5.41) is 12.1. The van der Waals surface area contributed by atoms with E-state index in [4.69, 9.17) is 20.3 Å². The molecule has 132 valence electrons. The first-order valence-electron chi connectivity index (χ1n) is 8.04. The minimum atomic E-state index is -0.983. The monoisotopic (exact) mass is 344 g/mol. The van der Waals surface area contributed by atoms with Gasteiger partial charge in [-0.25, -0.2) is 9.78 Å². The molecule has 8 heteroatoms. The third-order valence-corrected chi connectivity index (χ3v) is 3.87. The minimum Gasteiger partial charge on any atom is -0.492 e. The number of rotatable bonds is 7. The predicted octanol–water partition coefficient (Wildman–Crippen LogP) is 1.75. The van der Waals surface area contributed by atoms with Crippen LogP contribution < -0.4 is 15.8 Å². The largest absolute Gasteiger partial charge is 0.492 e. The Labute approximate surface area is 145 Å². The average molecular weight is 344 g/mol. The second kappa shape index (κ2) is 7.80. The summed E-state index contributed by atoms with van der Waals surface area (Å²) in [6, 6.07) is 8.25. The Kier molecular flexibility index (Phi) is 5.30. The summed E-state index contributed by atoms with van der Waals surface area (Å²) < 4.78 is 10.9. The molecular weight excluding hydrogens is 324 g/mol. The van der Waals surface area contributed by atoms with E-state index in [0.717, 1.165) is 18.7 Å². The van der Waals surface area contributed by atoms with Crippen LogP contribution in [0.4, 0.5) is 11.8 Å². The topological polar surface area (TPSA) is 120 Å². The van der Waals surface area contributed by atoms with Crippen LogP contribution in [-0.4, -0.2) is 47.4 Å². The highest BCUT2D eigenvalue weighted by molar-refractivity contribution is 5.87. The molecular formula is C17H20N4O4. The third-order valence-electron chi connectivity index (χ3n) is 3.87. The number of hydrogen-bond acceptors (Lipinski definition) is 7. The number of aromatic carboxylic acids is 1. The van der Waals surface area contributed by atoms with Crippen molar-refractivity contribution in [3.05, 3.63) is 41.6 Å². The lowest BCUT2D eigenvalue weighted by Gasteiger charge is -2.12. The van der Waals surface area contributed by atoms with Gasteiger partial charge in [0.15, 0.2) is 0 Å². The fourth-order valence-corrected chi connectivity index (χ4v) is 2.62. The van der Waals surface area contributed by atoms with Crippen LogP contribution >= 0.6 is 0 Å². The van der Waals surface area contributed by atoms with Crippen LogP contribution in [0.15, 0.2) is 30.3 Å². The standard InChI is InChI=1S/C17H20N4O4/c18-17-20-14(12-4-6-24-10-12)9-15(21-17)19-5-7-25-13-3-1-2-11(8-13)16(22)23/h1-3,8-9,12H,4-7,10H2,(H,22,23)(H3,18,19,20,21)/t12-/m0/s1. The number of nitrogens with zero attached hydrogens (tertiary/aromatic N) is 2. The molecule has 0 spiro atoms. The van der Waals surface area contributed by atoms with E-state index in [1.54, 1.807) is 12.1 Å². The molecule has 1 fully saturated rings. The number of carbonyl (C=O) groups is 1. The number of nitrogens with one attached hydrogen (secondary N) is 1. The molecule has 1 aliphatic heterocycles. The summed E-state index contributed by atoms with van der Waals surface area (Å²) in [7, 11) is 0. The van der Waals surface area contributed by atoms with Crippen LogP contribution in [0.25, 0.3) is 0 Å². The second-order valence-corrected chi connectivity index (χ2v) is 5.70. The van der Waals surface area contributed by atoms with Crippen molar-refractivity contribution in [2.24, 2.45) is 0 Å². The third kappa shape index (κ3) is 4.57. The Morgan fingerprint density at radius 1 is 1.40 bits per heavy atom. The molecule has 3 rings (SSSR count). The van der Waals surface area contributed by atoms with Crippen molar-refractivity contribution in [1.29, 1.82) is 0 Å². The van der Waals surface area contributed by atoms with Crippen molar-refractivity contribution in [3.8, 4) is 5.75 Å². The molecule has 8 nitrogen and oxygen atoms in total. The van der Waals surface area contributed by atoms with Crippen molar-refractivity contribution < 1.29 is 19.4 Å². The number of nitrogen functional groups attached to an aromatic ring is 1. The van der Waals surface area contributed by atoms with E-state index in [2.05, 4.69) is 15.3 Å². The number of carboxylic acids is 1. The second-order valence-electron chi connectivity index (χ2n) is 5.70. The van der Waals surface area contributed by atoms with E-state index in [1.807, 2.05) is 6.07 Å². The Bertz CT molecular complexity index is 747. The van der Waals surface area contributed by atoms with Crippen LogP contribution in [0.3, 0.4) is 0 Å². The number of nitrogens with two attached hydrogens (primary N) is 1. The normalized spacial score (nSPS) is 16.6. The zero-order valence-corrected chi connectivity index (χ0v) is 13.6. The van der Waals surface area contributed by atoms with Gasteiger partial charge in [-0.15, -0.1) is 0 Å². The van der Waals surface area contributed by atoms with Gasteiger partial charge in [0, 0.05) is 18.6 Å². The molecule has 0 saturated carbocycles. The predicted molar refractivity (Wildman–Crippen MR) is 92.0 cm³/mol. The van der Waals surface area contributed by atoms with E-state index in [9.17, 15) is 4.79 Å². The van der Waals surface area contributed by atoms with E-state index < -0.39 is 5.97 Å². The SMILES string of the molecule is Nc1nc(NCCOc2cccc(C(=O)O)c2)cc([C@H]2CCOC2)n1. The molecule has 2 aromatic rings. The van der Waals surface area contributed by atoms with Crippen LogP contribution in [0, 0.1) is 0 Å². The first-order valence-corrected chi connectivity index (χ1v) is 8.04. The highest BCUT2D eigenvalue weighted by Crippen LogP contribution is 2.25. The van der Waals surface area contributed by atoms with Gasteiger partial charge in [0.05, 0.1) is 24.4 Å². The summed E-state index contributed by atoms with van der Waals surface area (Å²) in [4.78, 5) is 19.4. The number of hydrogen-bond donors (Lipinski definition) is 3. The number of carboxylic acid groups (broad SMARTS) is 1. The van der Waals surface area contributed by atoms with Crippen LogP contribution in [0.5, 0.6) is 5.75 Å². The van der Waals surface area contributed by atoms with Crippen molar-refractivity contribution in [1.82, 2.24) is 9.97 Å². The van der Waals surface area contributed by atoms with E-state index in [0.29, 0.717) is 31.3 Å². The first-order chi connectivity index (χ1) is 12.1. The van der Waals surface area contributed by atoms with Crippen LogP contribution in [0.2, 0.25) is 0 Å². The fraction of sp³-hybridized carbons (Fsp3) is 0.353. The summed E-state index contributed by atoms with van der Waals surface area (Å²) >= 11 is 0. The lowest BCUT2D eigenvalue weighted by atomic mass is 10.0. The maximum Gasteiger partial charge on any atom is 0.335 e. The highest BCUT2D eigenvalue weighted by atomic mass is 16.5. The van der Waals surface area contributed by atoms with Gasteiger partial charge in [0.25, 0.3) is 0 Å². The molecule has 2 heterocycles. The zero-order chi connectivity index (χ0) is 17.6. The molecule has 0 aliphatic carbocycles. The van der Waals surface area contributed by atoms with Gasteiger partial charge >= 0.3 is 5.97 Å². The van der Waals surface area contributed by atoms with Gasteiger partial charge in [0.2, 0.25) is 5.95 Å². The lowest BCUT2D eigenvalue weighted by molar-refractivity contribution is 0.0696. The minimum absolute atomic E-state index is 0.192. The average Bonchev–Trinajstić information content (AvgIpc) is 3.13. The Morgan fingerprint density at radius 2 is 2.28 bits per heavy atom. The van der Waals surface area contributed by atoms with E-state index in [1.165, 1.54) is 12.1 Å². The Balaban J connectivity index is 1.53. The van der Waals surface area contributed by atoms with E-state index >= 15 is 0 Å². The Hall–Kier alpha value is -2.87. The van der Waals surface area contributed by atoms with Crippen molar-refractivity contribution in [2.75, 3.05) is 37.4 Å². The van der Waals surface area contributed by atoms with Gasteiger partial charge in [-0.05, 0) is 24.6 Å². The number of anilines is 2.